The van der Waals surface area contributed by atoms with E-state index in [9.17, 15) is 5.11 Å². The van der Waals surface area contributed by atoms with E-state index in [1.54, 1.807) is 0 Å². The summed E-state index contributed by atoms with van der Waals surface area (Å²) in [5, 5.41) is 10.3. The van der Waals surface area contributed by atoms with Crippen LogP contribution in [0.3, 0.4) is 0 Å². The van der Waals surface area contributed by atoms with E-state index in [0.29, 0.717) is 19.1 Å². The van der Waals surface area contributed by atoms with E-state index in [0.717, 1.165) is 40.8 Å². The standard InChI is InChI=1S/C15H21BrO3/c1-3-10(2)7-13(17)11-8-12(16)15-14(9-11)18-5-4-6-19-15/h8-10,13,17H,3-7H2,1-2H3. The zero-order valence-corrected chi connectivity index (χ0v) is 13.1. The number of benzene rings is 1. The van der Waals surface area contributed by atoms with Crippen LogP contribution < -0.4 is 9.47 Å². The number of hydrogen-bond acceptors (Lipinski definition) is 3. The van der Waals surface area contributed by atoms with Gasteiger partial charge in [0.25, 0.3) is 0 Å². The molecule has 1 aromatic carbocycles. The second-order valence-electron chi connectivity index (χ2n) is 5.15. The molecule has 0 aromatic heterocycles. The quantitative estimate of drug-likeness (QED) is 0.905. The van der Waals surface area contributed by atoms with Crippen LogP contribution in [-0.4, -0.2) is 18.3 Å². The maximum absolute atomic E-state index is 10.3. The van der Waals surface area contributed by atoms with Gasteiger partial charge in [0.2, 0.25) is 0 Å². The van der Waals surface area contributed by atoms with Gasteiger partial charge in [0.15, 0.2) is 11.5 Å². The first-order valence-electron chi connectivity index (χ1n) is 6.89. The van der Waals surface area contributed by atoms with E-state index < -0.39 is 6.10 Å². The van der Waals surface area contributed by atoms with Crippen molar-refractivity contribution in [3.63, 3.8) is 0 Å². The highest BCUT2D eigenvalue weighted by molar-refractivity contribution is 9.10. The summed E-state index contributed by atoms with van der Waals surface area (Å²) in [7, 11) is 0. The number of fused-ring (bicyclic) bond motifs is 1. The average molecular weight is 329 g/mol. The Kier molecular flexibility index (Phi) is 5.11. The van der Waals surface area contributed by atoms with Crippen LogP contribution in [0.25, 0.3) is 0 Å². The zero-order valence-electron chi connectivity index (χ0n) is 11.5. The minimum Gasteiger partial charge on any atom is -0.490 e. The van der Waals surface area contributed by atoms with E-state index in [2.05, 4.69) is 29.8 Å². The molecular formula is C15H21BrO3. The van der Waals surface area contributed by atoms with Gasteiger partial charge >= 0.3 is 0 Å². The number of aliphatic hydroxyl groups is 1. The molecular weight excluding hydrogens is 308 g/mol. The van der Waals surface area contributed by atoms with Crippen molar-refractivity contribution in [3.05, 3.63) is 22.2 Å². The summed E-state index contributed by atoms with van der Waals surface area (Å²) >= 11 is 3.50. The largest absolute Gasteiger partial charge is 0.490 e. The van der Waals surface area contributed by atoms with Gasteiger partial charge < -0.3 is 14.6 Å². The monoisotopic (exact) mass is 328 g/mol. The van der Waals surface area contributed by atoms with E-state index in [1.165, 1.54) is 0 Å². The molecule has 0 fully saturated rings. The molecule has 2 unspecified atom stereocenters. The second kappa shape index (κ2) is 6.62. The van der Waals surface area contributed by atoms with Crippen LogP contribution in [0.5, 0.6) is 11.5 Å². The topological polar surface area (TPSA) is 38.7 Å². The molecule has 0 saturated carbocycles. The summed E-state index contributed by atoms with van der Waals surface area (Å²) in [4.78, 5) is 0. The van der Waals surface area contributed by atoms with Gasteiger partial charge in [0, 0.05) is 6.42 Å². The van der Waals surface area contributed by atoms with Gasteiger partial charge in [0.05, 0.1) is 23.8 Å². The van der Waals surface area contributed by atoms with Crippen LogP contribution in [0.15, 0.2) is 16.6 Å². The lowest BCUT2D eigenvalue weighted by Gasteiger charge is -2.18. The predicted octanol–water partition coefficient (Wildman–Crippen LogP) is 4.08. The molecule has 0 aliphatic carbocycles. The maximum Gasteiger partial charge on any atom is 0.175 e. The molecule has 1 heterocycles. The van der Waals surface area contributed by atoms with E-state index in [-0.39, 0.29) is 0 Å². The summed E-state index contributed by atoms with van der Waals surface area (Å²) < 4.78 is 12.2. The molecule has 1 aliphatic heterocycles. The number of halogens is 1. The first-order valence-corrected chi connectivity index (χ1v) is 7.68. The van der Waals surface area contributed by atoms with Gasteiger partial charge in [-0.2, -0.15) is 0 Å². The fourth-order valence-corrected chi connectivity index (χ4v) is 2.70. The van der Waals surface area contributed by atoms with E-state index in [4.69, 9.17) is 9.47 Å². The van der Waals surface area contributed by atoms with Gasteiger partial charge in [-0.05, 0) is 46.0 Å². The molecule has 2 atom stereocenters. The van der Waals surface area contributed by atoms with Crippen molar-refractivity contribution in [1.82, 2.24) is 0 Å². The van der Waals surface area contributed by atoms with E-state index in [1.807, 2.05) is 12.1 Å². The van der Waals surface area contributed by atoms with Crippen molar-refractivity contribution in [3.8, 4) is 11.5 Å². The summed E-state index contributed by atoms with van der Waals surface area (Å²) in [6.45, 7) is 5.62. The lowest BCUT2D eigenvalue weighted by Crippen LogP contribution is -2.05. The molecule has 106 valence electrons. The zero-order chi connectivity index (χ0) is 13.8. The third-order valence-electron chi connectivity index (χ3n) is 3.53. The highest BCUT2D eigenvalue weighted by Gasteiger charge is 2.19. The minimum atomic E-state index is -0.455. The SMILES string of the molecule is CCC(C)CC(O)c1cc(Br)c2c(c1)OCCCO2. The van der Waals surface area contributed by atoms with Crippen LogP contribution in [0.4, 0.5) is 0 Å². The summed E-state index contributed by atoms with van der Waals surface area (Å²) in [6.07, 6.45) is 2.26. The Labute approximate surface area is 123 Å². The number of aliphatic hydroxyl groups excluding tert-OH is 1. The Morgan fingerprint density at radius 1 is 1.32 bits per heavy atom. The molecule has 3 nitrogen and oxygen atoms in total. The average Bonchev–Trinajstić information content (AvgIpc) is 2.63. The first kappa shape index (κ1) is 14.7. The number of hydrogen-bond donors (Lipinski definition) is 1. The Balaban J connectivity index is 2.22. The molecule has 0 saturated heterocycles. The molecule has 0 bridgehead atoms. The molecule has 1 aromatic rings. The summed E-state index contributed by atoms with van der Waals surface area (Å²) in [6, 6.07) is 3.83. The molecule has 2 rings (SSSR count). The Hall–Kier alpha value is -0.740. The number of rotatable bonds is 4. The van der Waals surface area contributed by atoms with Crippen molar-refractivity contribution < 1.29 is 14.6 Å². The normalized spacial score (nSPS) is 17.7. The van der Waals surface area contributed by atoms with Crippen LogP contribution in [-0.2, 0) is 0 Å². The fraction of sp³-hybridized carbons (Fsp3) is 0.600. The van der Waals surface area contributed by atoms with Crippen LogP contribution in [0.2, 0.25) is 0 Å². The lowest BCUT2D eigenvalue weighted by atomic mass is 9.96. The van der Waals surface area contributed by atoms with Crippen molar-refractivity contribution >= 4 is 15.9 Å². The van der Waals surface area contributed by atoms with Crippen LogP contribution >= 0.6 is 15.9 Å². The van der Waals surface area contributed by atoms with Gasteiger partial charge in [0.1, 0.15) is 0 Å². The Morgan fingerprint density at radius 3 is 2.79 bits per heavy atom. The Morgan fingerprint density at radius 2 is 2.05 bits per heavy atom. The third-order valence-corrected chi connectivity index (χ3v) is 4.12. The van der Waals surface area contributed by atoms with Crippen molar-refractivity contribution in [2.75, 3.05) is 13.2 Å². The third kappa shape index (κ3) is 3.63. The maximum atomic E-state index is 10.3. The highest BCUT2D eigenvalue weighted by Crippen LogP contribution is 2.40. The van der Waals surface area contributed by atoms with Crippen LogP contribution in [0, 0.1) is 5.92 Å². The summed E-state index contributed by atoms with van der Waals surface area (Å²) in [5.74, 6) is 1.98. The molecule has 1 N–H and O–H groups in total. The van der Waals surface area contributed by atoms with Crippen molar-refractivity contribution in [2.45, 2.75) is 39.2 Å². The lowest BCUT2D eigenvalue weighted by molar-refractivity contribution is 0.146. The van der Waals surface area contributed by atoms with Gasteiger partial charge in [-0.25, -0.2) is 0 Å². The minimum absolute atomic E-state index is 0.455. The molecule has 0 amide bonds. The molecule has 0 radical (unpaired) electrons. The predicted molar refractivity (Wildman–Crippen MR) is 78.8 cm³/mol. The number of ether oxygens (including phenoxy) is 2. The highest BCUT2D eigenvalue weighted by atomic mass is 79.9. The van der Waals surface area contributed by atoms with Crippen molar-refractivity contribution in [2.24, 2.45) is 5.92 Å². The molecule has 19 heavy (non-hydrogen) atoms. The van der Waals surface area contributed by atoms with Gasteiger partial charge in [-0.15, -0.1) is 0 Å². The van der Waals surface area contributed by atoms with E-state index >= 15 is 0 Å². The molecule has 1 aliphatic rings. The molecule has 4 heteroatoms. The second-order valence-corrected chi connectivity index (χ2v) is 6.00. The Bertz CT molecular complexity index is 434. The molecule has 0 spiro atoms. The fourth-order valence-electron chi connectivity index (χ4n) is 2.13. The van der Waals surface area contributed by atoms with Crippen molar-refractivity contribution in [1.29, 1.82) is 0 Å². The smallest absolute Gasteiger partial charge is 0.175 e. The van der Waals surface area contributed by atoms with Gasteiger partial charge in [-0.3, -0.25) is 0 Å². The van der Waals surface area contributed by atoms with Gasteiger partial charge in [-0.1, -0.05) is 20.3 Å². The summed E-state index contributed by atoms with van der Waals surface area (Å²) in [5.41, 5.74) is 0.886. The first-order chi connectivity index (χ1) is 9.11. The van der Waals surface area contributed by atoms with Crippen LogP contribution in [0.1, 0.15) is 44.8 Å².